The van der Waals surface area contributed by atoms with E-state index in [1.165, 1.54) is 10.4 Å². The number of hydrogen-bond acceptors (Lipinski definition) is 5. The van der Waals surface area contributed by atoms with Gasteiger partial charge in [0.2, 0.25) is 15.9 Å². The average molecular weight is 491 g/mol. The van der Waals surface area contributed by atoms with Gasteiger partial charge in [-0.05, 0) is 37.0 Å². The Morgan fingerprint density at radius 1 is 1.18 bits per heavy atom. The van der Waals surface area contributed by atoms with E-state index in [9.17, 15) is 13.2 Å². The third-order valence-corrected chi connectivity index (χ3v) is 9.26. The summed E-state index contributed by atoms with van der Waals surface area (Å²) in [5.41, 5.74) is 6.04. The molecule has 2 atom stereocenters. The van der Waals surface area contributed by atoms with E-state index in [1.54, 1.807) is 12.1 Å². The molecule has 2 heterocycles. The second kappa shape index (κ2) is 10.1. The van der Waals surface area contributed by atoms with Crippen molar-refractivity contribution in [2.75, 3.05) is 19.8 Å². The van der Waals surface area contributed by atoms with Gasteiger partial charge in [-0.3, -0.25) is 4.79 Å². The summed E-state index contributed by atoms with van der Waals surface area (Å²) < 4.78 is 55.0. The van der Waals surface area contributed by atoms with E-state index in [2.05, 4.69) is 0 Å². The predicted octanol–water partition coefficient (Wildman–Crippen LogP) is 3.39. The zero-order valence-electron chi connectivity index (χ0n) is 19.3. The molecule has 2 aromatic carbocycles. The van der Waals surface area contributed by atoms with E-state index in [-0.39, 0.29) is 19.2 Å². The first-order chi connectivity index (χ1) is 16.2. The van der Waals surface area contributed by atoms with E-state index in [0.717, 1.165) is 5.56 Å². The Hall–Kier alpha value is -2.33. The fourth-order valence-electron chi connectivity index (χ4n) is 4.91. The smallest absolute Gasteiger partial charge is 0.243 e. The van der Waals surface area contributed by atoms with Crippen LogP contribution in [0, 0.1) is 5.82 Å². The largest absolute Gasteiger partial charge is 0.381 e. The number of sulfonamides is 1. The second-order valence-corrected chi connectivity index (χ2v) is 11.2. The number of primary amides is 1. The van der Waals surface area contributed by atoms with E-state index >= 15 is 4.39 Å². The van der Waals surface area contributed by atoms with Gasteiger partial charge in [0, 0.05) is 44.2 Å². The number of carbonyl (C=O) groups excluding carboxylic acids is 1. The maximum absolute atomic E-state index is 15.3. The van der Waals surface area contributed by atoms with E-state index in [1.807, 2.05) is 37.3 Å². The van der Waals surface area contributed by atoms with Gasteiger partial charge in [0.15, 0.2) is 0 Å². The Balaban J connectivity index is 1.59. The highest BCUT2D eigenvalue weighted by Gasteiger charge is 2.41. The molecule has 2 saturated heterocycles. The lowest BCUT2D eigenvalue weighted by molar-refractivity contribution is -0.143. The van der Waals surface area contributed by atoms with Crippen molar-refractivity contribution in [1.29, 1.82) is 0 Å². The Morgan fingerprint density at radius 2 is 1.88 bits per heavy atom. The van der Waals surface area contributed by atoms with Crippen LogP contribution in [0.15, 0.2) is 48.5 Å². The van der Waals surface area contributed by atoms with Gasteiger partial charge in [0.25, 0.3) is 0 Å². The number of carbonyl (C=O) groups is 1. The SMILES string of the molecule is C[C@H]1CC[C@H](c2ccccc2)S(=O)(=O)N1Cc1ccc(C2(OCC(N)=O)CCOCC2)cc1F. The second-order valence-electron chi connectivity index (χ2n) is 9.08. The summed E-state index contributed by atoms with van der Waals surface area (Å²) in [6, 6.07) is 13.7. The Labute approximate surface area is 200 Å². The van der Waals surface area contributed by atoms with Gasteiger partial charge in [-0.2, -0.15) is 4.31 Å². The lowest BCUT2D eigenvalue weighted by atomic mass is 9.85. The Kier molecular flexibility index (Phi) is 7.37. The van der Waals surface area contributed by atoms with Gasteiger partial charge in [0.1, 0.15) is 17.7 Å². The van der Waals surface area contributed by atoms with Gasteiger partial charge in [-0.15, -0.1) is 0 Å². The van der Waals surface area contributed by atoms with Crippen molar-refractivity contribution in [2.24, 2.45) is 5.73 Å². The molecule has 2 aromatic rings. The van der Waals surface area contributed by atoms with Crippen LogP contribution in [0.5, 0.6) is 0 Å². The third-order valence-electron chi connectivity index (χ3n) is 6.89. The van der Waals surface area contributed by atoms with Crippen molar-refractivity contribution in [2.45, 2.75) is 56.0 Å². The molecule has 0 radical (unpaired) electrons. The van der Waals surface area contributed by atoms with Crippen LogP contribution in [0.2, 0.25) is 0 Å². The molecule has 1 amide bonds. The van der Waals surface area contributed by atoms with Crippen molar-refractivity contribution in [3.8, 4) is 0 Å². The van der Waals surface area contributed by atoms with Gasteiger partial charge in [-0.25, -0.2) is 12.8 Å². The highest BCUT2D eigenvalue weighted by Crippen LogP contribution is 2.40. The molecule has 2 aliphatic heterocycles. The molecule has 184 valence electrons. The molecular formula is C25H31FN2O5S. The van der Waals surface area contributed by atoms with Crippen LogP contribution in [-0.4, -0.2) is 44.5 Å². The minimum atomic E-state index is -3.67. The van der Waals surface area contributed by atoms with Gasteiger partial charge in [0.05, 0.1) is 5.60 Å². The summed E-state index contributed by atoms with van der Waals surface area (Å²) >= 11 is 0. The monoisotopic (exact) mass is 490 g/mol. The molecule has 2 fully saturated rings. The van der Waals surface area contributed by atoms with Crippen LogP contribution in [0.1, 0.15) is 54.5 Å². The standard InChI is InChI=1S/C25H31FN2O5S/c1-18-7-10-23(19-5-3-2-4-6-19)34(30,31)28(18)16-20-8-9-21(15-22(20)26)25(33-17-24(27)29)11-13-32-14-12-25/h2-6,8-9,15,18,23H,7,10-14,16-17H2,1H3,(H2,27,29)/t18-,23+/m0/s1. The number of ether oxygens (including phenoxy) is 2. The highest BCUT2D eigenvalue weighted by molar-refractivity contribution is 7.89. The zero-order chi connectivity index (χ0) is 24.3. The molecule has 0 bridgehead atoms. The number of benzene rings is 2. The first-order valence-corrected chi connectivity index (χ1v) is 13.1. The summed E-state index contributed by atoms with van der Waals surface area (Å²) in [6.45, 7) is 2.39. The van der Waals surface area contributed by atoms with E-state index < -0.39 is 32.6 Å². The quantitative estimate of drug-likeness (QED) is 0.642. The van der Waals surface area contributed by atoms with Crippen LogP contribution in [0.4, 0.5) is 4.39 Å². The van der Waals surface area contributed by atoms with Crippen molar-refractivity contribution >= 4 is 15.9 Å². The zero-order valence-corrected chi connectivity index (χ0v) is 20.1. The lowest BCUT2D eigenvalue weighted by Gasteiger charge is -2.38. The van der Waals surface area contributed by atoms with Gasteiger partial charge in [-0.1, -0.05) is 42.5 Å². The number of amides is 1. The number of halogens is 1. The van der Waals surface area contributed by atoms with Crippen LogP contribution in [0.3, 0.4) is 0 Å². The van der Waals surface area contributed by atoms with Crippen molar-refractivity contribution < 1.29 is 27.1 Å². The fourth-order valence-corrected chi connectivity index (χ4v) is 7.09. The molecule has 7 nitrogen and oxygen atoms in total. The first kappa shape index (κ1) is 24.8. The number of nitrogens with zero attached hydrogens (tertiary/aromatic N) is 1. The molecule has 2 aliphatic rings. The summed E-state index contributed by atoms with van der Waals surface area (Å²) in [5, 5.41) is -0.639. The minimum absolute atomic E-state index is 0.0444. The number of nitrogens with two attached hydrogens (primary N) is 1. The maximum Gasteiger partial charge on any atom is 0.243 e. The van der Waals surface area contributed by atoms with Crippen LogP contribution < -0.4 is 5.73 Å². The molecule has 4 rings (SSSR count). The molecule has 34 heavy (non-hydrogen) atoms. The highest BCUT2D eigenvalue weighted by atomic mass is 32.2. The molecule has 0 aromatic heterocycles. The normalized spacial score (nSPS) is 24.5. The first-order valence-electron chi connectivity index (χ1n) is 11.6. The Bertz CT molecular complexity index is 1120. The van der Waals surface area contributed by atoms with Crippen LogP contribution in [-0.2, 0) is 36.4 Å². The average Bonchev–Trinajstić information content (AvgIpc) is 2.82. The predicted molar refractivity (Wildman–Crippen MR) is 126 cm³/mol. The summed E-state index contributed by atoms with van der Waals surface area (Å²) in [6.07, 6.45) is 2.17. The molecule has 0 unspecified atom stereocenters. The van der Waals surface area contributed by atoms with Crippen molar-refractivity contribution in [3.05, 3.63) is 71.0 Å². The van der Waals surface area contributed by atoms with E-state index in [0.29, 0.717) is 50.0 Å². The minimum Gasteiger partial charge on any atom is -0.381 e. The Morgan fingerprint density at radius 3 is 2.53 bits per heavy atom. The molecule has 0 spiro atoms. The summed E-state index contributed by atoms with van der Waals surface area (Å²) in [5.74, 6) is -1.10. The molecular weight excluding hydrogens is 459 g/mol. The van der Waals surface area contributed by atoms with E-state index in [4.69, 9.17) is 15.2 Å². The maximum atomic E-state index is 15.3. The fraction of sp³-hybridized carbons (Fsp3) is 0.480. The molecule has 0 aliphatic carbocycles. The third kappa shape index (κ3) is 5.02. The number of hydrogen-bond donors (Lipinski definition) is 1. The van der Waals surface area contributed by atoms with Gasteiger partial charge >= 0.3 is 0 Å². The van der Waals surface area contributed by atoms with Crippen LogP contribution >= 0.6 is 0 Å². The van der Waals surface area contributed by atoms with Crippen molar-refractivity contribution in [1.82, 2.24) is 4.31 Å². The molecule has 2 N–H and O–H groups in total. The van der Waals surface area contributed by atoms with Crippen molar-refractivity contribution in [3.63, 3.8) is 0 Å². The summed E-state index contributed by atoms with van der Waals surface area (Å²) in [7, 11) is -3.67. The summed E-state index contributed by atoms with van der Waals surface area (Å²) in [4.78, 5) is 11.3. The van der Waals surface area contributed by atoms with Crippen LogP contribution in [0.25, 0.3) is 0 Å². The van der Waals surface area contributed by atoms with Gasteiger partial charge < -0.3 is 15.2 Å². The number of rotatable bonds is 7. The molecule has 9 heteroatoms. The lowest BCUT2D eigenvalue weighted by Crippen LogP contribution is -2.45. The topological polar surface area (TPSA) is 98.9 Å². The molecule has 0 saturated carbocycles.